The topological polar surface area (TPSA) is 34.1 Å². The van der Waals surface area contributed by atoms with Gasteiger partial charge in [-0.2, -0.15) is 0 Å². The number of pyridine rings is 1. The van der Waals surface area contributed by atoms with Crippen molar-refractivity contribution in [1.29, 1.82) is 0 Å². The van der Waals surface area contributed by atoms with Crippen LogP contribution in [0.5, 0.6) is 5.75 Å². The van der Waals surface area contributed by atoms with E-state index in [2.05, 4.69) is 47.0 Å². The third kappa shape index (κ3) is 4.89. The van der Waals surface area contributed by atoms with Gasteiger partial charge in [-0.1, -0.05) is 0 Å². The van der Waals surface area contributed by atoms with Crippen LogP contribution >= 0.6 is 27.3 Å². The molecule has 0 aliphatic heterocycles. The van der Waals surface area contributed by atoms with Crippen molar-refractivity contribution in [1.82, 2.24) is 10.3 Å². The summed E-state index contributed by atoms with van der Waals surface area (Å²) < 4.78 is 6.83. The molecule has 0 aromatic carbocycles. The Bertz CT molecular complexity index is 546. The zero-order chi connectivity index (χ0) is 14.6. The van der Waals surface area contributed by atoms with E-state index < -0.39 is 0 Å². The quantitative estimate of drug-likeness (QED) is 0.865. The van der Waals surface area contributed by atoms with Crippen LogP contribution in [0, 0.1) is 0 Å². The second-order valence-electron chi connectivity index (χ2n) is 5.57. The first kappa shape index (κ1) is 15.5. The molecule has 0 bridgehead atoms. The zero-order valence-corrected chi connectivity index (χ0v) is 14.3. The average Bonchev–Trinajstić information content (AvgIpc) is 2.80. The second-order valence-corrected chi connectivity index (χ2v) is 7.42. The number of ether oxygens (including phenoxy) is 1. The molecule has 0 radical (unpaired) electrons. The van der Waals surface area contributed by atoms with Gasteiger partial charge in [0.2, 0.25) is 0 Å². The summed E-state index contributed by atoms with van der Waals surface area (Å²) in [5.41, 5.74) is 1.12. The lowest BCUT2D eigenvalue weighted by Gasteiger charge is -2.20. The number of thiophene rings is 1. The van der Waals surface area contributed by atoms with Crippen molar-refractivity contribution in [2.45, 2.75) is 39.5 Å². The van der Waals surface area contributed by atoms with E-state index in [0.717, 1.165) is 22.5 Å². The Morgan fingerprint density at radius 3 is 2.65 bits per heavy atom. The highest BCUT2D eigenvalue weighted by Gasteiger charge is 2.09. The van der Waals surface area contributed by atoms with Crippen LogP contribution in [-0.2, 0) is 13.2 Å². The first-order valence-corrected chi connectivity index (χ1v) is 8.16. The molecular formula is C15H19BrN2OS. The lowest BCUT2D eigenvalue weighted by Crippen LogP contribution is -2.35. The number of hydrogen-bond donors (Lipinski definition) is 1. The Labute approximate surface area is 132 Å². The highest BCUT2D eigenvalue weighted by atomic mass is 79.9. The van der Waals surface area contributed by atoms with Gasteiger partial charge in [0.25, 0.3) is 0 Å². The van der Waals surface area contributed by atoms with Crippen LogP contribution in [0.1, 0.15) is 31.3 Å². The molecule has 0 saturated carbocycles. The molecule has 3 nitrogen and oxygen atoms in total. The summed E-state index contributed by atoms with van der Waals surface area (Å²) in [5, 5.41) is 5.46. The molecule has 5 heteroatoms. The predicted molar refractivity (Wildman–Crippen MR) is 87.2 cm³/mol. The highest BCUT2D eigenvalue weighted by Crippen LogP contribution is 2.24. The van der Waals surface area contributed by atoms with Crippen LogP contribution in [-0.4, -0.2) is 10.5 Å². The minimum absolute atomic E-state index is 0.0995. The molecule has 0 aliphatic carbocycles. The minimum Gasteiger partial charge on any atom is -0.486 e. The van der Waals surface area contributed by atoms with E-state index in [4.69, 9.17) is 4.74 Å². The molecule has 0 aliphatic rings. The Balaban J connectivity index is 1.87. The Hall–Kier alpha value is -0.910. The zero-order valence-electron chi connectivity index (χ0n) is 11.9. The lowest BCUT2D eigenvalue weighted by molar-refractivity contribution is 0.307. The standard InChI is InChI=1S/C15H19BrN2OS/c1-15(2,3)18-8-11-4-5-12(9-17-11)19-10-14-13(16)6-7-20-14/h4-7,9,18H,8,10H2,1-3H3. The van der Waals surface area contributed by atoms with Crippen LogP contribution in [0.25, 0.3) is 0 Å². The summed E-state index contributed by atoms with van der Waals surface area (Å²) in [6.45, 7) is 7.76. The molecule has 20 heavy (non-hydrogen) atoms. The molecule has 108 valence electrons. The third-order valence-electron chi connectivity index (χ3n) is 2.66. The smallest absolute Gasteiger partial charge is 0.138 e. The van der Waals surface area contributed by atoms with E-state index in [1.54, 1.807) is 17.5 Å². The summed E-state index contributed by atoms with van der Waals surface area (Å²) in [4.78, 5) is 5.59. The van der Waals surface area contributed by atoms with Crippen molar-refractivity contribution in [2.75, 3.05) is 0 Å². The molecule has 2 heterocycles. The van der Waals surface area contributed by atoms with Crippen molar-refractivity contribution in [3.63, 3.8) is 0 Å². The molecule has 2 aromatic rings. The minimum atomic E-state index is 0.0995. The summed E-state index contributed by atoms with van der Waals surface area (Å²) in [6.07, 6.45) is 1.78. The molecule has 2 aromatic heterocycles. The van der Waals surface area contributed by atoms with Crippen LogP contribution < -0.4 is 10.1 Å². The van der Waals surface area contributed by atoms with Crippen molar-refractivity contribution in [3.8, 4) is 5.75 Å². The molecule has 0 atom stereocenters. The molecule has 0 saturated heterocycles. The fourth-order valence-electron chi connectivity index (χ4n) is 1.53. The van der Waals surface area contributed by atoms with Gasteiger partial charge in [0.05, 0.1) is 16.8 Å². The maximum Gasteiger partial charge on any atom is 0.138 e. The van der Waals surface area contributed by atoms with E-state index in [0.29, 0.717) is 6.61 Å². The summed E-state index contributed by atoms with van der Waals surface area (Å²) in [6, 6.07) is 5.99. The van der Waals surface area contributed by atoms with Crippen LogP contribution in [0.4, 0.5) is 0 Å². The first-order valence-electron chi connectivity index (χ1n) is 6.49. The fourth-order valence-corrected chi connectivity index (χ4v) is 2.91. The second kappa shape index (κ2) is 6.70. The molecule has 1 N–H and O–H groups in total. The number of nitrogens with zero attached hydrogens (tertiary/aromatic N) is 1. The molecule has 0 amide bonds. The summed E-state index contributed by atoms with van der Waals surface area (Å²) in [7, 11) is 0. The maximum atomic E-state index is 5.73. The molecule has 0 spiro atoms. The van der Waals surface area contributed by atoms with Crippen LogP contribution in [0.2, 0.25) is 0 Å². The molecule has 0 unspecified atom stereocenters. The van der Waals surface area contributed by atoms with Crippen molar-refractivity contribution in [2.24, 2.45) is 0 Å². The van der Waals surface area contributed by atoms with Crippen LogP contribution in [0.15, 0.2) is 34.2 Å². The Morgan fingerprint density at radius 1 is 1.30 bits per heavy atom. The van der Waals surface area contributed by atoms with Gasteiger partial charge in [0, 0.05) is 16.6 Å². The van der Waals surface area contributed by atoms with Crippen molar-refractivity contribution in [3.05, 3.63) is 44.8 Å². The van der Waals surface area contributed by atoms with Gasteiger partial charge in [0.1, 0.15) is 12.4 Å². The first-order chi connectivity index (χ1) is 9.44. The number of nitrogens with one attached hydrogen (secondary N) is 1. The Kier molecular flexibility index (Phi) is 5.18. The summed E-state index contributed by atoms with van der Waals surface area (Å²) >= 11 is 5.18. The van der Waals surface area contributed by atoms with E-state index in [-0.39, 0.29) is 5.54 Å². The normalized spacial score (nSPS) is 11.6. The lowest BCUT2D eigenvalue weighted by atomic mass is 10.1. The fraction of sp³-hybridized carbons (Fsp3) is 0.400. The Morgan fingerprint density at radius 2 is 2.10 bits per heavy atom. The van der Waals surface area contributed by atoms with Gasteiger partial charge < -0.3 is 10.1 Å². The number of aromatic nitrogens is 1. The average molecular weight is 355 g/mol. The predicted octanol–water partition coefficient (Wildman–Crippen LogP) is 4.37. The number of halogens is 1. The largest absolute Gasteiger partial charge is 0.486 e. The molecular weight excluding hydrogens is 336 g/mol. The molecule has 2 rings (SSSR count). The van der Waals surface area contributed by atoms with Gasteiger partial charge in [-0.25, -0.2) is 0 Å². The van der Waals surface area contributed by atoms with Crippen molar-refractivity contribution < 1.29 is 4.74 Å². The number of hydrogen-bond acceptors (Lipinski definition) is 4. The van der Waals surface area contributed by atoms with Crippen molar-refractivity contribution >= 4 is 27.3 Å². The summed E-state index contributed by atoms with van der Waals surface area (Å²) in [5.74, 6) is 0.796. The van der Waals surface area contributed by atoms with E-state index in [1.807, 2.05) is 23.6 Å². The van der Waals surface area contributed by atoms with E-state index >= 15 is 0 Å². The van der Waals surface area contributed by atoms with E-state index in [9.17, 15) is 0 Å². The van der Waals surface area contributed by atoms with Gasteiger partial charge in [-0.05, 0) is 60.3 Å². The highest BCUT2D eigenvalue weighted by molar-refractivity contribution is 9.10. The van der Waals surface area contributed by atoms with Crippen LogP contribution in [0.3, 0.4) is 0 Å². The van der Waals surface area contributed by atoms with Gasteiger partial charge >= 0.3 is 0 Å². The third-order valence-corrected chi connectivity index (χ3v) is 4.56. The van der Waals surface area contributed by atoms with Gasteiger partial charge in [-0.3, -0.25) is 4.98 Å². The van der Waals surface area contributed by atoms with E-state index in [1.165, 1.54) is 4.88 Å². The SMILES string of the molecule is CC(C)(C)NCc1ccc(OCc2sccc2Br)cn1. The van der Waals surface area contributed by atoms with Gasteiger partial charge in [0.15, 0.2) is 0 Å². The monoisotopic (exact) mass is 354 g/mol. The molecule has 0 fully saturated rings. The maximum absolute atomic E-state index is 5.73. The number of rotatable bonds is 5. The van der Waals surface area contributed by atoms with Gasteiger partial charge in [-0.15, -0.1) is 11.3 Å².